The highest BCUT2D eigenvalue weighted by Gasteiger charge is 2.27. The second-order valence-corrected chi connectivity index (χ2v) is 5.69. The molecule has 1 fully saturated rings. The van der Waals surface area contributed by atoms with Gasteiger partial charge in [0.25, 0.3) is 0 Å². The fourth-order valence-corrected chi connectivity index (χ4v) is 2.90. The highest BCUT2D eigenvalue weighted by molar-refractivity contribution is 5.15. The number of hydrogen-bond acceptors (Lipinski definition) is 2. The molecule has 0 saturated carbocycles. The molecule has 0 bridgehead atoms. The maximum atomic E-state index is 10.0. The summed E-state index contributed by atoms with van der Waals surface area (Å²) in [6.07, 6.45) is 7.57. The maximum absolute atomic E-state index is 10.0. The van der Waals surface area contributed by atoms with Crippen molar-refractivity contribution >= 4 is 0 Å². The van der Waals surface area contributed by atoms with Gasteiger partial charge in [0.15, 0.2) is 0 Å². The van der Waals surface area contributed by atoms with Gasteiger partial charge >= 0.3 is 0 Å². The summed E-state index contributed by atoms with van der Waals surface area (Å²) in [5.74, 6) is 0. The summed E-state index contributed by atoms with van der Waals surface area (Å²) in [5.41, 5.74) is 1.30. The molecule has 1 aliphatic rings. The fourth-order valence-electron chi connectivity index (χ4n) is 2.90. The Hall–Kier alpha value is -0.860. The second-order valence-electron chi connectivity index (χ2n) is 5.69. The molecule has 3 atom stereocenters. The van der Waals surface area contributed by atoms with Gasteiger partial charge in [-0.1, -0.05) is 56.5 Å². The van der Waals surface area contributed by atoms with E-state index >= 15 is 0 Å². The van der Waals surface area contributed by atoms with Gasteiger partial charge in [-0.2, -0.15) is 0 Å². The van der Waals surface area contributed by atoms with E-state index in [0.29, 0.717) is 0 Å². The first kappa shape index (κ1) is 14.5. The molecule has 106 valence electrons. The molecular formula is C17H26O2. The Morgan fingerprint density at radius 1 is 1.11 bits per heavy atom. The lowest BCUT2D eigenvalue weighted by Crippen LogP contribution is -2.36. The molecule has 0 spiro atoms. The molecule has 2 heteroatoms. The van der Waals surface area contributed by atoms with Crippen molar-refractivity contribution in [3.05, 3.63) is 35.9 Å². The van der Waals surface area contributed by atoms with E-state index in [1.54, 1.807) is 0 Å². The Kier molecular flexibility index (Phi) is 5.87. The fraction of sp³-hybridized carbons (Fsp3) is 0.647. The number of benzene rings is 1. The van der Waals surface area contributed by atoms with Crippen LogP contribution in [0.4, 0.5) is 0 Å². The first-order valence-electron chi connectivity index (χ1n) is 7.65. The van der Waals surface area contributed by atoms with Crippen molar-refractivity contribution in [1.82, 2.24) is 0 Å². The van der Waals surface area contributed by atoms with Crippen molar-refractivity contribution in [3.63, 3.8) is 0 Å². The highest BCUT2D eigenvalue weighted by Crippen LogP contribution is 2.25. The average molecular weight is 262 g/mol. The van der Waals surface area contributed by atoms with Crippen LogP contribution < -0.4 is 0 Å². The number of rotatable bonds is 6. The molecule has 1 aromatic rings. The number of aliphatic hydroxyl groups excluding tert-OH is 1. The monoisotopic (exact) mass is 262 g/mol. The van der Waals surface area contributed by atoms with Crippen LogP contribution >= 0.6 is 0 Å². The first-order valence-corrected chi connectivity index (χ1v) is 7.65. The third-order valence-corrected chi connectivity index (χ3v) is 3.89. The van der Waals surface area contributed by atoms with Gasteiger partial charge in [-0.05, 0) is 31.2 Å². The molecule has 0 radical (unpaired) electrons. The van der Waals surface area contributed by atoms with Gasteiger partial charge in [-0.3, -0.25) is 0 Å². The van der Waals surface area contributed by atoms with Gasteiger partial charge in [0.1, 0.15) is 0 Å². The van der Waals surface area contributed by atoms with E-state index < -0.39 is 0 Å². The lowest BCUT2D eigenvalue weighted by atomic mass is 9.94. The third kappa shape index (κ3) is 4.96. The van der Waals surface area contributed by atoms with Crippen LogP contribution in [0.5, 0.6) is 0 Å². The molecule has 0 aliphatic carbocycles. The van der Waals surface area contributed by atoms with E-state index in [-0.39, 0.29) is 18.3 Å². The van der Waals surface area contributed by atoms with E-state index in [0.717, 1.165) is 25.7 Å². The average Bonchev–Trinajstić information content (AvgIpc) is 2.39. The topological polar surface area (TPSA) is 29.5 Å². The summed E-state index contributed by atoms with van der Waals surface area (Å²) >= 11 is 0. The minimum atomic E-state index is -0.186. The Morgan fingerprint density at radius 3 is 2.58 bits per heavy atom. The summed E-state index contributed by atoms with van der Waals surface area (Å²) in [4.78, 5) is 0. The molecular weight excluding hydrogens is 236 g/mol. The zero-order chi connectivity index (χ0) is 13.5. The van der Waals surface area contributed by atoms with Crippen LogP contribution in [0, 0.1) is 0 Å². The minimum absolute atomic E-state index is 0.178. The van der Waals surface area contributed by atoms with Gasteiger partial charge in [-0.15, -0.1) is 0 Å². The van der Waals surface area contributed by atoms with Crippen LogP contribution in [-0.4, -0.2) is 23.4 Å². The van der Waals surface area contributed by atoms with E-state index in [2.05, 4.69) is 31.2 Å². The van der Waals surface area contributed by atoms with Crippen molar-refractivity contribution in [2.75, 3.05) is 0 Å². The third-order valence-electron chi connectivity index (χ3n) is 3.89. The molecule has 2 rings (SSSR count). The Labute approximate surface area is 116 Å². The second kappa shape index (κ2) is 7.66. The largest absolute Gasteiger partial charge is 0.393 e. The van der Waals surface area contributed by atoms with E-state index in [1.807, 2.05) is 6.07 Å². The van der Waals surface area contributed by atoms with E-state index in [1.165, 1.54) is 24.8 Å². The van der Waals surface area contributed by atoms with Crippen molar-refractivity contribution in [2.45, 2.75) is 70.2 Å². The van der Waals surface area contributed by atoms with Crippen LogP contribution in [0.15, 0.2) is 30.3 Å². The smallest absolute Gasteiger partial charge is 0.0643 e. The van der Waals surface area contributed by atoms with Crippen molar-refractivity contribution in [1.29, 1.82) is 0 Å². The predicted octanol–water partition coefficient (Wildman–Crippen LogP) is 3.72. The number of hydrogen-bond donors (Lipinski definition) is 1. The molecule has 3 unspecified atom stereocenters. The molecule has 1 N–H and O–H groups in total. The van der Waals surface area contributed by atoms with Crippen LogP contribution in [0.1, 0.15) is 51.0 Å². The Balaban J connectivity index is 1.83. The van der Waals surface area contributed by atoms with Gasteiger partial charge in [-0.25, -0.2) is 0 Å². The molecule has 1 heterocycles. The van der Waals surface area contributed by atoms with E-state index in [9.17, 15) is 5.11 Å². The van der Waals surface area contributed by atoms with Gasteiger partial charge in [0, 0.05) is 0 Å². The summed E-state index contributed by atoms with van der Waals surface area (Å²) in [6.45, 7) is 2.22. The number of ether oxygens (including phenoxy) is 1. The highest BCUT2D eigenvalue weighted by atomic mass is 16.5. The molecule has 2 nitrogen and oxygen atoms in total. The molecule has 1 aliphatic heterocycles. The molecule has 19 heavy (non-hydrogen) atoms. The van der Waals surface area contributed by atoms with Crippen molar-refractivity contribution < 1.29 is 9.84 Å². The molecule has 0 aromatic heterocycles. The quantitative estimate of drug-likeness (QED) is 0.792. The SMILES string of the molecule is CCCCCC1CC(O)CC(Cc2ccccc2)O1. The van der Waals surface area contributed by atoms with Crippen LogP contribution in [-0.2, 0) is 11.2 Å². The van der Waals surface area contributed by atoms with Gasteiger partial charge in [0.05, 0.1) is 18.3 Å². The minimum Gasteiger partial charge on any atom is -0.393 e. The lowest BCUT2D eigenvalue weighted by molar-refractivity contribution is -0.0976. The first-order chi connectivity index (χ1) is 9.28. The Bertz CT molecular complexity index is 350. The maximum Gasteiger partial charge on any atom is 0.0643 e. The van der Waals surface area contributed by atoms with Crippen molar-refractivity contribution in [3.8, 4) is 0 Å². The van der Waals surface area contributed by atoms with Crippen molar-refractivity contribution in [2.24, 2.45) is 0 Å². The zero-order valence-corrected chi connectivity index (χ0v) is 11.9. The normalized spacial score (nSPS) is 27.4. The lowest BCUT2D eigenvalue weighted by Gasteiger charge is -2.33. The number of unbranched alkanes of at least 4 members (excludes halogenated alkanes) is 2. The van der Waals surface area contributed by atoms with Crippen LogP contribution in [0.25, 0.3) is 0 Å². The van der Waals surface area contributed by atoms with Crippen LogP contribution in [0.3, 0.4) is 0 Å². The number of aliphatic hydroxyl groups is 1. The summed E-state index contributed by atoms with van der Waals surface area (Å²) in [5, 5.41) is 10.0. The van der Waals surface area contributed by atoms with E-state index in [4.69, 9.17) is 4.74 Å². The predicted molar refractivity (Wildman–Crippen MR) is 78.2 cm³/mol. The summed E-state index contributed by atoms with van der Waals surface area (Å²) in [6, 6.07) is 10.4. The van der Waals surface area contributed by atoms with Gasteiger partial charge < -0.3 is 9.84 Å². The summed E-state index contributed by atoms with van der Waals surface area (Å²) in [7, 11) is 0. The van der Waals surface area contributed by atoms with Gasteiger partial charge in [0.2, 0.25) is 0 Å². The van der Waals surface area contributed by atoms with Crippen LogP contribution in [0.2, 0.25) is 0 Å². The molecule has 1 saturated heterocycles. The Morgan fingerprint density at radius 2 is 1.84 bits per heavy atom. The summed E-state index contributed by atoms with van der Waals surface area (Å²) < 4.78 is 6.15. The molecule has 0 amide bonds. The zero-order valence-electron chi connectivity index (χ0n) is 11.9. The molecule has 1 aromatic carbocycles. The standard InChI is InChI=1S/C17H26O2/c1-2-3-5-10-16-12-15(18)13-17(19-16)11-14-8-6-4-7-9-14/h4,6-9,15-18H,2-3,5,10-13H2,1H3.